The minimum atomic E-state index is -3.89. The van der Waals surface area contributed by atoms with Gasteiger partial charge in [0.25, 0.3) is 5.91 Å². The number of rotatable bonds is 4. The van der Waals surface area contributed by atoms with Gasteiger partial charge in [-0.05, 0) is 36.4 Å². The highest BCUT2D eigenvalue weighted by atomic mass is 79.9. The van der Waals surface area contributed by atoms with E-state index in [-0.39, 0.29) is 21.5 Å². The molecule has 1 aliphatic heterocycles. The van der Waals surface area contributed by atoms with E-state index in [1.807, 2.05) is 0 Å². The predicted octanol–water partition coefficient (Wildman–Crippen LogP) is 2.64. The van der Waals surface area contributed by atoms with Gasteiger partial charge in [0.1, 0.15) is 6.07 Å². The van der Waals surface area contributed by atoms with Crippen molar-refractivity contribution in [2.24, 2.45) is 0 Å². The molecule has 1 saturated heterocycles. The molecule has 0 N–H and O–H groups in total. The highest BCUT2D eigenvalue weighted by molar-refractivity contribution is 9.10. The number of carbonyl (C=O) groups is 1. The number of halogens is 1. The zero-order chi connectivity index (χ0) is 19.4. The zero-order valence-electron chi connectivity index (χ0n) is 14.2. The first kappa shape index (κ1) is 19.2. The molecule has 3 rings (SSSR count). The molecule has 0 saturated carbocycles. The van der Waals surface area contributed by atoms with E-state index in [1.165, 1.54) is 24.6 Å². The number of carbonyl (C=O) groups excluding carboxylic acids is 1. The number of allylic oxidation sites excluding steroid dienone is 1. The average Bonchev–Trinajstić information content (AvgIpc) is 3.21. The van der Waals surface area contributed by atoms with Crippen LogP contribution in [0.15, 0.2) is 67.6 Å². The van der Waals surface area contributed by atoms with Gasteiger partial charge in [0, 0.05) is 36.9 Å². The molecule has 0 aliphatic carbocycles. The fourth-order valence-electron chi connectivity index (χ4n) is 2.68. The van der Waals surface area contributed by atoms with Crippen molar-refractivity contribution in [3.8, 4) is 6.07 Å². The number of hydrogen-bond donors (Lipinski definition) is 0. The molecular weight excluding hydrogens is 434 g/mol. The first-order valence-corrected chi connectivity index (χ1v) is 10.4. The highest BCUT2D eigenvalue weighted by Gasteiger charge is 2.25. The summed E-state index contributed by atoms with van der Waals surface area (Å²) in [5, 5.41) is 9.36. The van der Waals surface area contributed by atoms with Crippen LogP contribution in [0.5, 0.6) is 0 Å². The number of benzene rings is 1. The molecule has 1 aromatic heterocycles. The molecule has 1 amide bonds. The minimum Gasteiger partial charge on any atom is -0.459 e. The second-order valence-corrected chi connectivity index (χ2v) is 8.70. The minimum absolute atomic E-state index is 0.0603. The van der Waals surface area contributed by atoms with E-state index in [2.05, 4.69) is 15.9 Å². The first-order chi connectivity index (χ1) is 12.9. The summed E-state index contributed by atoms with van der Waals surface area (Å²) in [6.45, 7) is 1.67. The van der Waals surface area contributed by atoms with Crippen LogP contribution in [0.1, 0.15) is 10.6 Å². The van der Waals surface area contributed by atoms with E-state index < -0.39 is 9.84 Å². The van der Waals surface area contributed by atoms with E-state index in [9.17, 15) is 18.5 Å². The lowest BCUT2D eigenvalue weighted by Gasteiger charge is -2.33. The Bertz CT molecular complexity index is 984. The standard InChI is InChI=1S/C18H16BrN3O4S/c19-14-3-5-15(6-4-14)27(24,25)16(12-20)13-21-7-9-22(10-8-21)18(23)17-2-1-11-26-17/h1-6,11,13H,7-10H2. The van der Waals surface area contributed by atoms with Gasteiger partial charge in [-0.3, -0.25) is 4.79 Å². The molecule has 2 aromatic rings. The van der Waals surface area contributed by atoms with E-state index in [1.54, 1.807) is 40.1 Å². The predicted molar refractivity (Wildman–Crippen MR) is 101 cm³/mol. The second kappa shape index (κ2) is 7.98. The van der Waals surface area contributed by atoms with Gasteiger partial charge in [0.2, 0.25) is 9.84 Å². The number of nitriles is 1. The Balaban J connectivity index is 1.71. The van der Waals surface area contributed by atoms with Crippen molar-refractivity contribution >= 4 is 31.7 Å². The van der Waals surface area contributed by atoms with E-state index in [0.717, 1.165) is 4.47 Å². The van der Waals surface area contributed by atoms with Gasteiger partial charge < -0.3 is 14.2 Å². The summed E-state index contributed by atoms with van der Waals surface area (Å²) in [6.07, 6.45) is 2.80. The third kappa shape index (κ3) is 4.23. The number of piperazine rings is 1. The third-order valence-electron chi connectivity index (χ3n) is 4.16. The molecular formula is C18H16BrN3O4S. The Morgan fingerprint density at radius 3 is 2.37 bits per heavy atom. The van der Waals surface area contributed by atoms with Gasteiger partial charge in [-0.15, -0.1) is 0 Å². The van der Waals surface area contributed by atoms with Crippen molar-refractivity contribution in [1.82, 2.24) is 9.80 Å². The van der Waals surface area contributed by atoms with Gasteiger partial charge in [0.05, 0.1) is 11.2 Å². The van der Waals surface area contributed by atoms with Crippen LogP contribution < -0.4 is 0 Å². The third-order valence-corrected chi connectivity index (χ3v) is 6.35. The van der Waals surface area contributed by atoms with Crippen molar-refractivity contribution in [2.45, 2.75) is 4.90 Å². The molecule has 0 bridgehead atoms. The van der Waals surface area contributed by atoms with Crippen molar-refractivity contribution in [3.63, 3.8) is 0 Å². The highest BCUT2D eigenvalue weighted by Crippen LogP contribution is 2.22. The van der Waals surface area contributed by atoms with E-state index in [0.29, 0.717) is 26.2 Å². The van der Waals surface area contributed by atoms with Gasteiger partial charge in [-0.1, -0.05) is 15.9 Å². The molecule has 1 fully saturated rings. The maximum absolute atomic E-state index is 12.7. The number of hydrogen-bond acceptors (Lipinski definition) is 6. The summed E-state index contributed by atoms with van der Waals surface area (Å²) in [7, 11) is -3.89. The molecule has 2 heterocycles. The van der Waals surface area contributed by atoms with Crippen LogP contribution in [0.3, 0.4) is 0 Å². The Morgan fingerprint density at radius 1 is 1.15 bits per heavy atom. The lowest BCUT2D eigenvalue weighted by Crippen LogP contribution is -2.46. The Labute approximate surface area is 165 Å². The fraction of sp³-hybridized carbons (Fsp3) is 0.222. The molecule has 0 unspecified atom stereocenters. The quantitative estimate of drug-likeness (QED) is 0.665. The summed E-state index contributed by atoms with van der Waals surface area (Å²) >= 11 is 3.26. The van der Waals surface area contributed by atoms with Gasteiger partial charge in [-0.25, -0.2) is 8.42 Å². The van der Waals surface area contributed by atoms with Crippen LogP contribution in [0.25, 0.3) is 0 Å². The van der Waals surface area contributed by atoms with E-state index in [4.69, 9.17) is 4.42 Å². The summed E-state index contributed by atoms with van der Waals surface area (Å²) in [4.78, 5) is 15.4. The van der Waals surface area contributed by atoms with E-state index >= 15 is 0 Å². The Morgan fingerprint density at radius 2 is 1.81 bits per heavy atom. The monoisotopic (exact) mass is 449 g/mol. The summed E-state index contributed by atoms with van der Waals surface area (Å²) in [5.41, 5.74) is 0. The molecule has 140 valence electrons. The molecule has 0 spiro atoms. The van der Waals surface area contributed by atoms with Crippen LogP contribution in [0.4, 0.5) is 0 Å². The number of sulfone groups is 1. The second-order valence-electron chi connectivity index (χ2n) is 5.87. The zero-order valence-corrected chi connectivity index (χ0v) is 16.6. The lowest BCUT2D eigenvalue weighted by atomic mass is 10.3. The number of nitrogens with zero attached hydrogens (tertiary/aromatic N) is 3. The molecule has 1 aromatic carbocycles. The number of amides is 1. The summed E-state index contributed by atoms with van der Waals surface area (Å²) in [6, 6.07) is 11.2. The molecule has 9 heteroatoms. The van der Waals surface area contributed by atoms with Crippen LogP contribution >= 0.6 is 15.9 Å². The van der Waals surface area contributed by atoms with Crippen molar-refractivity contribution in [3.05, 3.63) is 64.0 Å². The molecule has 7 nitrogen and oxygen atoms in total. The Kier molecular flexibility index (Phi) is 5.68. The molecule has 0 atom stereocenters. The van der Waals surface area contributed by atoms with Gasteiger partial charge >= 0.3 is 0 Å². The fourth-order valence-corrected chi connectivity index (χ4v) is 4.10. The largest absolute Gasteiger partial charge is 0.459 e. The van der Waals surface area contributed by atoms with Crippen LogP contribution in [0.2, 0.25) is 0 Å². The SMILES string of the molecule is N#CC(=CN1CCN(C(=O)c2ccco2)CC1)S(=O)(=O)c1ccc(Br)cc1. The van der Waals surface area contributed by atoms with Crippen molar-refractivity contribution in [1.29, 1.82) is 5.26 Å². The first-order valence-electron chi connectivity index (χ1n) is 8.11. The maximum Gasteiger partial charge on any atom is 0.289 e. The summed E-state index contributed by atoms with van der Waals surface area (Å²) in [5.74, 6) is 0.0705. The average molecular weight is 450 g/mol. The van der Waals surface area contributed by atoms with Crippen molar-refractivity contribution < 1.29 is 17.6 Å². The Hall–Kier alpha value is -2.57. The van der Waals surface area contributed by atoms with Crippen molar-refractivity contribution in [2.75, 3.05) is 26.2 Å². The maximum atomic E-state index is 12.7. The molecule has 1 aliphatic rings. The van der Waals surface area contributed by atoms with Crippen LogP contribution in [-0.2, 0) is 9.84 Å². The normalized spacial score (nSPS) is 15.5. The van der Waals surface area contributed by atoms with Crippen LogP contribution in [-0.4, -0.2) is 50.3 Å². The molecule has 27 heavy (non-hydrogen) atoms. The topological polar surface area (TPSA) is 94.6 Å². The van der Waals surface area contributed by atoms with Gasteiger partial charge in [-0.2, -0.15) is 5.26 Å². The van der Waals surface area contributed by atoms with Gasteiger partial charge in [0.15, 0.2) is 10.7 Å². The number of furan rings is 1. The molecule has 0 radical (unpaired) electrons. The van der Waals surface area contributed by atoms with Crippen LogP contribution in [0, 0.1) is 11.3 Å². The summed E-state index contributed by atoms with van der Waals surface area (Å²) < 4.78 is 31.2. The lowest BCUT2D eigenvalue weighted by molar-refractivity contribution is 0.0647. The smallest absolute Gasteiger partial charge is 0.289 e.